The molecule has 120 valence electrons. The summed E-state index contributed by atoms with van der Waals surface area (Å²) in [6.45, 7) is 5.51. The lowest BCUT2D eigenvalue weighted by molar-refractivity contribution is -0.0646. The van der Waals surface area contributed by atoms with Crippen LogP contribution in [0.4, 0.5) is 0 Å². The highest BCUT2D eigenvalue weighted by Gasteiger charge is 2.33. The second-order valence-corrected chi connectivity index (χ2v) is 8.58. The predicted octanol–water partition coefficient (Wildman–Crippen LogP) is 5.99. The summed E-state index contributed by atoms with van der Waals surface area (Å²) in [6.07, 6.45) is 16.3. The molecule has 0 saturated heterocycles. The summed E-state index contributed by atoms with van der Waals surface area (Å²) in [4.78, 5) is 5.95. The number of nitrogens with one attached hydrogen (secondary N) is 1. The molecule has 1 aliphatic carbocycles. The first-order valence-corrected chi connectivity index (χ1v) is 9.84. The minimum Gasteiger partial charge on any atom is -0.285 e. The van der Waals surface area contributed by atoms with Crippen molar-refractivity contribution in [1.82, 2.24) is 5.48 Å². The molecule has 1 unspecified atom stereocenters. The van der Waals surface area contributed by atoms with Crippen LogP contribution in [0.25, 0.3) is 0 Å². The Hall–Kier alpha value is 0.650. The number of hydroxylamine groups is 1. The average molecular weight is 395 g/mol. The van der Waals surface area contributed by atoms with Gasteiger partial charge in [-0.05, 0) is 54.7 Å². The zero-order chi connectivity index (χ0) is 14.7. The molecule has 0 bridgehead atoms. The van der Waals surface area contributed by atoms with Crippen molar-refractivity contribution < 1.29 is 4.84 Å². The smallest absolute Gasteiger partial charge is 0.140 e. The summed E-state index contributed by atoms with van der Waals surface area (Å²) >= 11 is 2.49. The molecule has 1 rings (SSSR count). The standard InChI is InChI=1S/C17H34INO/c1-3-4-5-6-7-8-12-15-19-20-17(2,18)16-13-10-9-11-14-16/h16,19H,3-15H2,1-2H3. The van der Waals surface area contributed by atoms with E-state index in [-0.39, 0.29) is 3.61 Å². The number of rotatable bonds is 11. The molecule has 0 aromatic heterocycles. The molecular weight excluding hydrogens is 361 g/mol. The molecule has 0 aromatic rings. The van der Waals surface area contributed by atoms with Gasteiger partial charge in [0.25, 0.3) is 0 Å². The van der Waals surface area contributed by atoms with Gasteiger partial charge in [0.05, 0.1) is 0 Å². The maximum Gasteiger partial charge on any atom is 0.140 e. The summed E-state index contributed by atoms with van der Waals surface area (Å²) in [5.41, 5.74) is 3.22. The van der Waals surface area contributed by atoms with Crippen molar-refractivity contribution in [2.24, 2.45) is 5.92 Å². The van der Waals surface area contributed by atoms with Gasteiger partial charge in [-0.25, -0.2) is 5.48 Å². The summed E-state index contributed by atoms with van der Waals surface area (Å²) in [6, 6.07) is 0. The molecule has 1 aliphatic rings. The third-order valence-corrected chi connectivity index (χ3v) is 5.59. The van der Waals surface area contributed by atoms with Crippen molar-refractivity contribution in [1.29, 1.82) is 0 Å². The minimum absolute atomic E-state index is 0.0285. The highest BCUT2D eigenvalue weighted by molar-refractivity contribution is 14.1. The van der Waals surface area contributed by atoms with Crippen LogP contribution in [-0.2, 0) is 4.84 Å². The van der Waals surface area contributed by atoms with Crippen LogP contribution in [-0.4, -0.2) is 10.2 Å². The van der Waals surface area contributed by atoms with Crippen molar-refractivity contribution in [3.8, 4) is 0 Å². The van der Waals surface area contributed by atoms with Gasteiger partial charge in [0.1, 0.15) is 3.61 Å². The molecule has 0 heterocycles. The summed E-state index contributed by atoms with van der Waals surface area (Å²) in [5.74, 6) is 0.721. The van der Waals surface area contributed by atoms with Gasteiger partial charge in [-0.15, -0.1) is 0 Å². The molecule has 1 saturated carbocycles. The number of halogens is 1. The topological polar surface area (TPSA) is 21.3 Å². The van der Waals surface area contributed by atoms with Crippen molar-refractivity contribution in [2.75, 3.05) is 6.54 Å². The second-order valence-electron chi connectivity index (χ2n) is 6.44. The fourth-order valence-electron chi connectivity index (χ4n) is 3.05. The van der Waals surface area contributed by atoms with E-state index in [1.165, 1.54) is 77.0 Å². The van der Waals surface area contributed by atoms with Gasteiger partial charge in [0.15, 0.2) is 0 Å². The van der Waals surface area contributed by atoms with Gasteiger partial charge in [-0.1, -0.05) is 64.7 Å². The van der Waals surface area contributed by atoms with E-state index in [1.54, 1.807) is 0 Å². The Balaban J connectivity index is 1.96. The summed E-state index contributed by atoms with van der Waals surface area (Å²) < 4.78 is -0.0285. The molecule has 2 nitrogen and oxygen atoms in total. The molecule has 3 heteroatoms. The zero-order valence-electron chi connectivity index (χ0n) is 13.6. The first-order valence-electron chi connectivity index (χ1n) is 8.76. The number of hydrogen-bond acceptors (Lipinski definition) is 2. The van der Waals surface area contributed by atoms with Crippen LogP contribution in [0.5, 0.6) is 0 Å². The molecule has 0 amide bonds. The van der Waals surface area contributed by atoms with Gasteiger partial charge >= 0.3 is 0 Å². The molecule has 0 spiro atoms. The van der Waals surface area contributed by atoms with Crippen LogP contribution in [0.2, 0.25) is 0 Å². The van der Waals surface area contributed by atoms with E-state index in [0.29, 0.717) is 0 Å². The zero-order valence-corrected chi connectivity index (χ0v) is 15.7. The van der Waals surface area contributed by atoms with E-state index in [9.17, 15) is 0 Å². The second kappa shape index (κ2) is 11.2. The molecule has 0 aliphatic heterocycles. The maximum absolute atomic E-state index is 5.95. The van der Waals surface area contributed by atoms with Gasteiger partial charge in [-0.2, -0.15) is 0 Å². The Morgan fingerprint density at radius 2 is 1.60 bits per heavy atom. The van der Waals surface area contributed by atoms with Crippen molar-refractivity contribution in [2.45, 2.75) is 94.5 Å². The van der Waals surface area contributed by atoms with Crippen molar-refractivity contribution in [3.05, 3.63) is 0 Å². The number of unbranched alkanes of at least 4 members (excludes halogenated alkanes) is 6. The molecule has 0 aromatic carbocycles. The third kappa shape index (κ3) is 8.18. The van der Waals surface area contributed by atoms with Gasteiger partial charge in [-0.3, -0.25) is 4.84 Å². The van der Waals surface area contributed by atoms with Gasteiger partial charge < -0.3 is 0 Å². The monoisotopic (exact) mass is 395 g/mol. The normalized spacial score (nSPS) is 19.9. The van der Waals surface area contributed by atoms with Gasteiger partial charge in [0, 0.05) is 6.54 Å². The first kappa shape index (κ1) is 18.7. The van der Waals surface area contributed by atoms with Crippen LogP contribution in [0, 0.1) is 5.92 Å². The molecule has 1 atom stereocenters. The Morgan fingerprint density at radius 3 is 2.25 bits per heavy atom. The van der Waals surface area contributed by atoms with Crippen LogP contribution < -0.4 is 5.48 Å². The quantitative estimate of drug-likeness (QED) is 0.201. The lowest BCUT2D eigenvalue weighted by Crippen LogP contribution is -2.38. The fourth-order valence-corrected chi connectivity index (χ4v) is 3.83. The lowest BCUT2D eigenvalue weighted by Gasteiger charge is -2.34. The van der Waals surface area contributed by atoms with Gasteiger partial charge in [0.2, 0.25) is 0 Å². The average Bonchev–Trinajstić information content (AvgIpc) is 2.46. The Morgan fingerprint density at radius 1 is 1.00 bits per heavy atom. The summed E-state index contributed by atoms with van der Waals surface area (Å²) in [5, 5.41) is 0. The Kier molecular flexibility index (Phi) is 10.5. The van der Waals surface area contributed by atoms with E-state index in [4.69, 9.17) is 4.84 Å². The molecule has 0 radical (unpaired) electrons. The largest absolute Gasteiger partial charge is 0.285 e. The highest BCUT2D eigenvalue weighted by Crippen LogP contribution is 2.38. The van der Waals surface area contributed by atoms with Crippen LogP contribution in [0.3, 0.4) is 0 Å². The number of hydrogen-bond donors (Lipinski definition) is 1. The Bertz CT molecular complexity index is 227. The van der Waals surface area contributed by atoms with Crippen molar-refractivity contribution >= 4 is 22.6 Å². The Labute approximate surface area is 139 Å². The predicted molar refractivity (Wildman–Crippen MR) is 96.1 cm³/mol. The number of alkyl halides is 1. The lowest BCUT2D eigenvalue weighted by atomic mass is 9.86. The fraction of sp³-hybridized carbons (Fsp3) is 1.00. The van der Waals surface area contributed by atoms with Crippen LogP contribution >= 0.6 is 22.6 Å². The molecule has 1 N–H and O–H groups in total. The molecular formula is C17H34INO. The van der Waals surface area contributed by atoms with E-state index >= 15 is 0 Å². The van der Waals surface area contributed by atoms with Crippen LogP contribution in [0.15, 0.2) is 0 Å². The minimum atomic E-state index is -0.0285. The van der Waals surface area contributed by atoms with Crippen molar-refractivity contribution in [3.63, 3.8) is 0 Å². The molecule has 1 fully saturated rings. The third-order valence-electron chi connectivity index (χ3n) is 4.49. The van der Waals surface area contributed by atoms with E-state index in [0.717, 1.165) is 12.5 Å². The van der Waals surface area contributed by atoms with Crippen LogP contribution in [0.1, 0.15) is 90.9 Å². The van der Waals surface area contributed by atoms with E-state index in [1.807, 2.05) is 0 Å². The SMILES string of the molecule is CCCCCCCCCNOC(C)(I)C1CCCCC1. The molecule has 20 heavy (non-hydrogen) atoms. The summed E-state index contributed by atoms with van der Waals surface area (Å²) in [7, 11) is 0. The first-order chi connectivity index (χ1) is 9.67. The highest BCUT2D eigenvalue weighted by atomic mass is 127. The van der Waals surface area contributed by atoms with E-state index < -0.39 is 0 Å². The van der Waals surface area contributed by atoms with E-state index in [2.05, 4.69) is 41.9 Å². The maximum atomic E-state index is 5.95.